The summed E-state index contributed by atoms with van der Waals surface area (Å²) in [5, 5.41) is 3.21. The molecular formula is C21H30N2O3. The molecule has 1 aliphatic heterocycles. The summed E-state index contributed by atoms with van der Waals surface area (Å²) < 4.78 is 5.34. The number of benzene rings is 1. The molecule has 1 aromatic rings. The number of nitrogens with zero attached hydrogens (tertiary/aromatic N) is 1. The van der Waals surface area contributed by atoms with Crippen molar-refractivity contribution in [2.45, 2.75) is 57.4 Å². The Balaban J connectivity index is 1.66. The van der Waals surface area contributed by atoms with E-state index in [2.05, 4.69) is 31.3 Å². The fourth-order valence-corrected chi connectivity index (χ4v) is 4.17. The maximum absolute atomic E-state index is 12.8. The number of methoxy groups -OCH3 is 1. The van der Waals surface area contributed by atoms with E-state index >= 15 is 0 Å². The van der Waals surface area contributed by atoms with Crippen LogP contribution in [-0.4, -0.2) is 37.6 Å². The van der Waals surface area contributed by atoms with E-state index in [1.807, 2.05) is 12.1 Å². The molecular weight excluding hydrogens is 328 g/mol. The van der Waals surface area contributed by atoms with Gasteiger partial charge in [-0.3, -0.25) is 9.59 Å². The van der Waals surface area contributed by atoms with E-state index in [0.29, 0.717) is 19.1 Å². The molecule has 1 aliphatic carbocycles. The van der Waals surface area contributed by atoms with Crippen LogP contribution in [0.5, 0.6) is 0 Å². The molecule has 1 saturated heterocycles. The molecule has 5 heteroatoms. The van der Waals surface area contributed by atoms with Crippen molar-refractivity contribution < 1.29 is 14.3 Å². The molecule has 0 unspecified atom stereocenters. The summed E-state index contributed by atoms with van der Waals surface area (Å²) >= 11 is 0. The van der Waals surface area contributed by atoms with Gasteiger partial charge in [-0.05, 0) is 36.5 Å². The molecule has 1 heterocycles. The van der Waals surface area contributed by atoms with Crippen LogP contribution in [0.3, 0.4) is 0 Å². The highest BCUT2D eigenvalue weighted by atomic mass is 16.5. The first-order chi connectivity index (χ1) is 12.4. The fraction of sp³-hybridized carbons (Fsp3) is 0.619. The average molecular weight is 358 g/mol. The van der Waals surface area contributed by atoms with Crippen molar-refractivity contribution in [2.75, 3.05) is 25.2 Å². The fourth-order valence-electron chi connectivity index (χ4n) is 4.17. The van der Waals surface area contributed by atoms with E-state index in [9.17, 15) is 9.59 Å². The molecule has 1 atom stereocenters. The van der Waals surface area contributed by atoms with Crippen LogP contribution in [0.2, 0.25) is 0 Å². The van der Waals surface area contributed by atoms with E-state index in [0.717, 1.165) is 31.4 Å². The highest BCUT2D eigenvalue weighted by molar-refractivity contribution is 6.00. The van der Waals surface area contributed by atoms with Gasteiger partial charge >= 0.3 is 0 Å². The van der Waals surface area contributed by atoms with Crippen molar-refractivity contribution in [1.29, 1.82) is 0 Å². The predicted octanol–water partition coefficient (Wildman–Crippen LogP) is 3.24. The molecule has 1 N–H and O–H groups in total. The third-order valence-electron chi connectivity index (χ3n) is 5.74. The molecule has 5 nitrogen and oxygen atoms in total. The summed E-state index contributed by atoms with van der Waals surface area (Å²) in [6.07, 6.45) is 4.41. The van der Waals surface area contributed by atoms with Crippen LogP contribution in [0.15, 0.2) is 24.3 Å². The minimum atomic E-state index is -0.290. The van der Waals surface area contributed by atoms with Crippen molar-refractivity contribution in [1.82, 2.24) is 5.32 Å². The third kappa shape index (κ3) is 3.93. The maximum Gasteiger partial charge on any atom is 0.227 e. The zero-order chi connectivity index (χ0) is 18.7. The minimum absolute atomic E-state index is 0.0152. The van der Waals surface area contributed by atoms with Crippen LogP contribution in [0, 0.1) is 5.92 Å². The number of nitrogens with one attached hydrogen (secondary N) is 1. The molecule has 26 heavy (non-hydrogen) atoms. The largest absolute Gasteiger partial charge is 0.382 e. The molecule has 1 saturated carbocycles. The number of carbonyl (C=O) groups excluding carboxylic acids is 2. The summed E-state index contributed by atoms with van der Waals surface area (Å²) in [5.41, 5.74) is 1.88. The number of anilines is 1. The van der Waals surface area contributed by atoms with Gasteiger partial charge in [0.15, 0.2) is 0 Å². The average Bonchev–Trinajstić information content (AvgIpc) is 3.22. The number of hydrogen-bond donors (Lipinski definition) is 1. The first-order valence-corrected chi connectivity index (χ1v) is 9.65. The van der Waals surface area contributed by atoms with Gasteiger partial charge < -0.3 is 15.0 Å². The van der Waals surface area contributed by atoms with Gasteiger partial charge in [-0.25, -0.2) is 0 Å². The Morgan fingerprint density at radius 1 is 1.27 bits per heavy atom. The molecule has 0 aromatic heterocycles. The van der Waals surface area contributed by atoms with Gasteiger partial charge in [0.05, 0.1) is 18.1 Å². The van der Waals surface area contributed by atoms with E-state index in [4.69, 9.17) is 4.74 Å². The highest BCUT2D eigenvalue weighted by Crippen LogP contribution is 2.32. The summed E-state index contributed by atoms with van der Waals surface area (Å²) in [7, 11) is 1.67. The minimum Gasteiger partial charge on any atom is -0.382 e. The summed E-state index contributed by atoms with van der Waals surface area (Å²) in [6.45, 7) is 5.29. The molecule has 0 spiro atoms. The molecule has 0 bridgehead atoms. The number of carbonyl (C=O) groups is 2. The Morgan fingerprint density at radius 3 is 2.50 bits per heavy atom. The van der Waals surface area contributed by atoms with E-state index in [-0.39, 0.29) is 29.7 Å². The lowest BCUT2D eigenvalue weighted by Gasteiger charge is -2.30. The molecule has 3 rings (SSSR count). The quantitative estimate of drug-likeness (QED) is 0.849. The second-order valence-electron chi connectivity index (χ2n) is 8.06. The maximum atomic E-state index is 12.8. The van der Waals surface area contributed by atoms with Gasteiger partial charge in [0, 0.05) is 25.8 Å². The molecule has 2 fully saturated rings. The normalized spacial score (nSPS) is 22.2. The molecule has 2 amide bonds. The van der Waals surface area contributed by atoms with Gasteiger partial charge in [-0.1, -0.05) is 38.8 Å². The van der Waals surface area contributed by atoms with E-state index in [1.54, 1.807) is 12.0 Å². The van der Waals surface area contributed by atoms with Crippen molar-refractivity contribution in [3.8, 4) is 0 Å². The number of ether oxygens (including phenoxy) is 1. The Bertz CT molecular complexity index is 648. The molecule has 0 radical (unpaired) electrons. The lowest BCUT2D eigenvalue weighted by molar-refractivity contribution is -0.128. The second-order valence-corrected chi connectivity index (χ2v) is 8.06. The molecule has 142 valence electrons. The smallest absolute Gasteiger partial charge is 0.227 e. The first-order valence-electron chi connectivity index (χ1n) is 9.65. The van der Waals surface area contributed by atoms with Crippen LogP contribution < -0.4 is 10.2 Å². The van der Waals surface area contributed by atoms with Crippen LogP contribution in [0.25, 0.3) is 0 Å². The summed E-state index contributed by atoms with van der Waals surface area (Å²) in [6, 6.07) is 8.09. The van der Waals surface area contributed by atoms with Crippen LogP contribution >= 0.6 is 0 Å². The highest BCUT2D eigenvalue weighted by Gasteiger charge is 2.40. The van der Waals surface area contributed by atoms with Crippen LogP contribution in [0.1, 0.15) is 57.4 Å². The van der Waals surface area contributed by atoms with E-state index in [1.165, 1.54) is 5.56 Å². The van der Waals surface area contributed by atoms with Gasteiger partial charge in [0.25, 0.3) is 0 Å². The topological polar surface area (TPSA) is 58.6 Å². The predicted molar refractivity (Wildman–Crippen MR) is 102 cm³/mol. The first kappa shape index (κ1) is 18.9. The Kier molecular flexibility index (Phi) is 5.66. The monoisotopic (exact) mass is 358 g/mol. The van der Waals surface area contributed by atoms with Crippen LogP contribution in [-0.2, 0) is 14.3 Å². The SMILES string of the molecule is COCC1(NC(=O)[C@@H]2CC(=O)N(c3ccc(C(C)C)cc3)C2)CCCC1. The molecule has 2 aliphatic rings. The lowest BCUT2D eigenvalue weighted by atomic mass is 9.96. The Morgan fingerprint density at radius 2 is 1.92 bits per heavy atom. The zero-order valence-electron chi connectivity index (χ0n) is 16.1. The van der Waals surface area contributed by atoms with Crippen molar-refractivity contribution in [3.05, 3.63) is 29.8 Å². The van der Waals surface area contributed by atoms with Crippen LogP contribution in [0.4, 0.5) is 5.69 Å². The molecule has 1 aromatic carbocycles. The van der Waals surface area contributed by atoms with E-state index < -0.39 is 0 Å². The number of hydrogen-bond acceptors (Lipinski definition) is 3. The number of amides is 2. The summed E-state index contributed by atoms with van der Waals surface area (Å²) in [4.78, 5) is 27.0. The number of rotatable bonds is 6. The Hall–Kier alpha value is -1.88. The Labute approximate surface area is 156 Å². The standard InChI is InChI=1S/C21H30N2O3/c1-15(2)16-6-8-18(9-7-16)23-13-17(12-19(23)24)20(25)22-21(14-26-3)10-4-5-11-21/h6-9,15,17H,4-5,10-14H2,1-3H3,(H,22,25)/t17-/m1/s1. The van der Waals surface area contributed by atoms with Gasteiger partial charge in [0.2, 0.25) is 11.8 Å². The van der Waals surface area contributed by atoms with Gasteiger partial charge in [0.1, 0.15) is 0 Å². The van der Waals surface area contributed by atoms with Crippen molar-refractivity contribution >= 4 is 17.5 Å². The van der Waals surface area contributed by atoms with Crippen molar-refractivity contribution in [2.24, 2.45) is 5.92 Å². The van der Waals surface area contributed by atoms with Gasteiger partial charge in [-0.15, -0.1) is 0 Å². The van der Waals surface area contributed by atoms with Crippen molar-refractivity contribution in [3.63, 3.8) is 0 Å². The summed E-state index contributed by atoms with van der Waals surface area (Å²) in [5.74, 6) is 0.176. The third-order valence-corrected chi connectivity index (χ3v) is 5.74. The second kappa shape index (κ2) is 7.78. The van der Waals surface area contributed by atoms with Gasteiger partial charge in [-0.2, -0.15) is 0 Å². The zero-order valence-corrected chi connectivity index (χ0v) is 16.1. The lowest BCUT2D eigenvalue weighted by Crippen LogP contribution is -2.51.